The van der Waals surface area contributed by atoms with Crippen molar-refractivity contribution in [3.63, 3.8) is 0 Å². The van der Waals surface area contributed by atoms with Gasteiger partial charge in [-0.3, -0.25) is 9.59 Å². The Morgan fingerprint density at radius 1 is 1.15 bits per heavy atom. The van der Waals surface area contributed by atoms with Crippen molar-refractivity contribution in [3.8, 4) is 23.1 Å². The predicted octanol–water partition coefficient (Wildman–Crippen LogP) is 5.35. The minimum absolute atomic E-state index is 0.0421. The Bertz CT molecular complexity index is 1420. The van der Waals surface area contributed by atoms with Crippen LogP contribution in [0.1, 0.15) is 53.2 Å². The van der Waals surface area contributed by atoms with Crippen molar-refractivity contribution in [1.29, 1.82) is 5.26 Å². The second kappa shape index (κ2) is 11.5. The fourth-order valence-electron chi connectivity index (χ4n) is 5.33. The molecule has 1 aromatic heterocycles. The molecule has 2 fully saturated rings. The number of benzene rings is 2. The molecular formula is C30H32N4O4S. The first-order valence-corrected chi connectivity index (χ1v) is 14.2. The molecule has 2 aromatic carbocycles. The lowest BCUT2D eigenvalue weighted by molar-refractivity contribution is -0.142. The van der Waals surface area contributed by atoms with Crippen molar-refractivity contribution in [1.82, 2.24) is 9.88 Å². The van der Waals surface area contributed by atoms with Gasteiger partial charge in [0, 0.05) is 42.7 Å². The van der Waals surface area contributed by atoms with Gasteiger partial charge in [0.2, 0.25) is 0 Å². The number of carbonyl (C=O) groups is 2. The van der Waals surface area contributed by atoms with E-state index in [-0.39, 0.29) is 11.8 Å². The summed E-state index contributed by atoms with van der Waals surface area (Å²) in [5.74, 6) is -0.459. The molecule has 0 spiro atoms. The number of aromatic nitrogens is 1. The van der Waals surface area contributed by atoms with E-state index in [2.05, 4.69) is 6.07 Å². The first-order chi connectivity index (χ1) is 18.8. The van der Waals surface area contributed by atoms with E-state index in [1.54, 1.807) is 18.2 Å². The summed E-state index contributed by atoms with van der Waals surface area (Å²) in [6.45, 7) is 6.96. The van der Waals surface area contributed by atoms with Gasteiger partial charge in [-0.05, 0) is 73.6 Å². The van der Waals surface area contributed by atoms with Gasteiger partial charge in [-0.25, -0.2) is 4.98 Å². The second-order valence-corrected chi connectivity index (χ2v) is 11.3. The number of likely N-dealkylation sites (tertiary alicyclic amines) is 1. The number of rotatable bonds is 7. The summed E-state index contributed by atoms with van der Waals surface area (Å²) >= 11 is 1.46. The first kappa shape index (κ1) is 26.7. The highest BCUT2D eigenvalue weighted by Gasteiger charge is 2.36. The van der Waals surface area contributed by atoms with Crippen LogP contribution < -0.4 is 9.64 Å². The molecule has 8 nitrogen and oxygen atoms in total. The zero-order valence-corrected chi connectivity index (χ0v) is 23.0. The number of carboxylic acids is 1. The van der Waals surface area contributed by atoms with Gasteiger partial charge in [0.05, 0.1) is 23.2 Å². The molecule has 39 heavy (non-hydrogen) atoms. The van der Waals surface area contributed by atoms with Crippen molar-refractivity contribution in [2.75, 3.05) is 31.1 Å². The number of carboxylic acid groups (broad SMARTS) is 1. The zero-order valence-electron chi connectivity index (χ0n) is 22.2. The Labute approximate surface area is 232 Å². The molecule has 9 heteroatoms. The molecule has 0 saturated carbocycles. The summed E-state index contributed by atoms with van der Waals surface area (Å²) in [7, 11) is 0. The number of nitrogens with zero attached hydrogens (tertiary/aromatic N) is 4. The number of nitriles is 1. The van der Waals surface area contributed by atoms with Gasteiger partial charge in [-0.2, -0.15) is 5.26 Å². The fourth-order valence-corrected chi connectivity index (χ4v) is 6.18. The van der Waals surface area contributed by atoms with Crippen LogP contribution >= 0.6 is 11.3 Å². The number of thiazole rings is 1. The second-order valence-electron chi connectivity index (χ2n) is 10.4. The average Bonchev–Trinajstić information content (AvgIpc) is 3.59. The fraction of sp³-hybridized carbons (Fsp3) is 0.400. The van der Waals surface area contributed by atoms with Crippen LogP contribution in [-0.2, 0) is 11.4 Å². The SMILES string of the molecule is Cc1cc(C(=O)N2CCCCC2)ccc1COc1ccc(C#N)cc1-c1csc(N2CC(C)C(C(=O)O)C2)n1. The van der Waals surface area contributed by atoms with E-state index in [1.807, 2.05) is 47.2 Å². The molecule has 3 heterocycles. The van der Waals surface area contributed by atoms with Crippen molar-refractivity contribution in [3.05, 3.63) is 64.0 Å². The lowest BCUT2D eigenvalue weighted by Crippen LogP contribution is -2.35. The third-order valence-electron chi connectivity index (χ3n) is 7.69. The maximum Gasteiger partial charge on any atom is 0.308 e. The quantitative estimate of drug-likeness (QED) is 0.427. The molecule has 202 valence electrons. The normalized spacial score (nSPS) is 19.1. The molecule has 2 aliphatic rings. The molecule has 0 radical (unpaired) electrons. The van der Waals surface area contributed by atoms with Crippen LogP contribution in [-0.4, -0.2) is 53.0 Å². The maximum absolute atomic E-state index is 12.9. The highest BCUT2D eigenvalue weighted by Crippen LogP contribution is 2.37. The van der Waals surface area contributed by atoms with Gasteiger partial charge in [-0.15, -0.1) is 11.3 Å². The van der Waals surface area contributed by atoms with E-state index in [9.17, 15) is 20.0 Å². The highest BCUT2D eigenvalue weighted by atomic mass is 32.1. The lowest BCUT2D eigenvalue weighted by Gasteiger charge is -2.27. The Morgan fingerprint density at radius 3 is 2.64 bits per heavy atom. The number of ether oxygens (including phenoxy) is 1. The summed E-state index contributed by atoms with van der Waals surface area (Å²) < 4.78 is 6.24. The van der Waals surface area contributed by atoms with Crippen LogP contribution in [0.5, 0.6) is 5.75 Å². The molecule has 1 N–H and O–H groups in total. The van der Waals surface area contributed by atoms with Crippen LogP contribution in [0.2, 0.25) is 0 Å². The molecule has 0 aliphatic carbocycles. The minimum Gasteiger partial charge on any atom is -0.488 e. The Hall–Kier alpha value is -3.90. The minimum atomic E-state index is -0.779. The van der Waals surface area contributed by atoms with E-state index >= 15 is 0 Å². The first-order valence-electron chi connectivity index (χ1n) is 13.3. The lowest BCUT2D eigenvalue weighted by atomic mass is 9.99. The van der Waals surface area contributed by atoms with E-state index in [4.69, 9.17) is 9.72 Å². The Morgan fingerprint density at radius 2 is 1.95 bits per heavy atom. The number of anilines is 1. The third-order valence-corrected chi connectivity index (χ3v) is 8.59. The van der Waals surface area contributed by atoms with Gasteiger partial charge < -0.3 is 19.6 Å². The van der Waals surface area contributed by atoms with Gasteiger partial charge in [-0.1, -0.05) is 13.0 Å². The van der Waals surface area contributed by atoms with Crippen LogP contribution in [0.15, 0.2) is 41.8 Å². The van der Waals surface area contributed by atoms with Crippen molar-refractivity contribution in [2.45, 2.75) is 39.7 Å². The smallest absolute Gasteiger partial charge is 0.308 e. The molecule has 2 atom stereocenters. The van der Waals surface area contributed by atoms with Gasteiger partial charge in [0.1, 0.15) is 12.4 Å². The third kappa shape index (κ3) is 5.76. The molecule has 2 unspecified atom stereocenters. The standard InChI is InChI=1S/C30H32N4O4S/c1-19-12-22(28(35)33-10-4-3-5-11-33)7-8-23(19)17-38-27-9-6-21(14-31)13-24(27)26-18-39-30(32-26)34-15-20(2)25(16-34)29(36)37/h6-9,12-13,18,20,25H,3-5,10-11,15-17H2,1-2H3,(H,36,37). The molecule has 2 aliphatic heterocycles. The number of hydrogen-bond donors (Lipinski definition) is 1. The molecule has 2 saturated heterocycles. The van der Waals surface area contributed by atoms with Crippen LogP contribution in [0.3, 0.4) is 0 Å². The zero-order chi connectivity index (χ0) is 27.5. The summed E-state index contributed by atoms with van der Waals surface area (Å²) in [5, 5.41) is 21.7. The number of carbonyl (C=O) groups excluding carboxylic acids is 1. The average molecular weight is 545 g/mol. The number of aliphatic carboxylic acids is 1. The topological polar surface area (TPSA) is 107 Å². The van der Waals surface area contributed by atoms with Gasteiger partial charge in [0.15, 0.2) is 5.13 Å². The van der Waals surface area contributed by atoms with Crippen molar-refractivity contribution < 1.29 is 19.4 Å². The number of amides is 1. The number of hydrogen-bond acceptors (Lipinski definition) is 7. The molecule has 0 bridgehead atoms. The number of aryl methyl sites for hydroxylation is 1. The van der Waals surface area contributed by atoms with Crippen molar-refractivity contribution in [2.24, 2.45) is 11.8 Å². The van der Waals surface area contributed by atoms with Crippen LogP contribution in [0.25, 0.3) is 11.3 Å². The summed E-state index contributed by atoms with van der Waals surface area (Å²) in [6, 6.07) is 13.2. The summed E-state index contributed by atoms with van der Waals surface area (Å²) in [6.07, 6.45) is 3.30. The van der Waals surface area contributed by atoms with E-state index in [0.717, 1.165) is 42.2 Å². The molecule has 5 rings (SSSR count). The maximum atomic E-state index is 12.9. The molecule has 1 amide bonds. The summed E-state index contributed by atoms with van der Waals surface area (Å²) in [5.41, 5.74) is 4.57. The predicted molar refractivity (Wildman–Crippen MR) is 150 cm³/mol. The van der Waals surface area contributed by atoms with Gasteiger partial charge in [0.25, 0.3) is 5.91 Å². The van der Waals surface area contributed by atoms with Crippen LogP contribution in [0, 0.1) is 30.1 Å². The van der Waals surface area contributed by atoms with E-state index < -0.39 is 11.9 Å². The highest BCUT2D eigenvalue weighted by molar-refractivity contribution is 7.14. The largest absolute Gasteiger partial charge is 0.488 e. The molecule has 3 aromatic rings. The summed E-state index contributed by atoms with van der Waals surface area (Å²) in [4.78, 5) is 33.2. The van der Waals surface area contributed by atoms with E-state index in [1.165, 1.54) is 17.8 Å². The molecular weight excluding hydrogens is 512 g/mol. The van der Waals surface area contributed by atoms with Gasteiger partial charge >= 0.3 is 5.97 Å². The number of piperidine rings is 1. The van der Waals surface area contributed by atoms with Crippen LogP contribution in [0.4, 0.5) is 5.13 Å². The van der Waals surface area contributed by atoms with E-state index in [0.29, 0.717) is 47.8 Å². The monoisotopic (exact) mass is 544 g/mol. The Kier molecular flexibility index (Phi) is 7.84. The van der Waals surface area contributed by atoms with Crippen molar-refractivity contribution >= 4 is 28.3 Å². The Balaban J connectivity index is 1.33.